The number of hydrogen-bond acceptors (Lipinski definition) is 5. The molecule has 2 heterocycles. The van der Waals surface area contributed by atoms with Gasteiger partial charge in [0.2, 0.25) is 5.16 Å². The van der Waals surface area contributed by atoms with Crippen molar-refractivity contribution in [1.82, 2.24) is 14.9 Å². The topological polar surface area (TPSA) is 52.0 Å². The van der Waals surface area contributed by atoms with E-state index in [1.807, 2.05) is 29.7 Å². The fourth-order valence-corrected chi connectivity index (χ4v) is 3.18. The molecule has 0 amide bonds. The van der Waals surface area contributed by atoms with E-state index >= 15 is 0 Å². The van der Waals surface area contributed by atoms with Gasteiger partial charge >= 0.3 is 0 Å². The van der Waals surface area contributed by atoms with E-state index in [9.17, 15) is 4.39 Å². The standard InChI is InChI=1S/C17H13FN4OS/c1-23-14-7-3-4-11(9-14)15-10-24-17-20-19-16(22(17)21-15)12-5-2-6-13(18)8-12/h2-10,21H,1H3. The van der Waals surface area contributed by atoms with Crippen LogP contribution < -0.4 is 10.2 Å². The van der Waals surface area contributed by atoms with Gasteiger partial charge in [0, 0.05) is 16.5 Å². The molecule has 24 heavy (non-hydrogen) atoms. The summed E-state index contributed by atoms with van der Waals surface area (Å²) in [7, 11) is 1.64. The Kier molecular flexibility index (Phi) is 3.70. The molecule has 0 spiro atoms. The third-order valence-electron chi connectivity index (χ3n) is 3.61. The molecule has 0 atom stereocenters. The largest absolute Gasteiger partial charge is 0.497 e. The maximum Gasteiger partial charge on any atom is 0.214 e. The lowest BCUT2D eigenvalue weighted by atomic mass is 10.1. The van der Waals surface area contributed by atoms with Crippen molar-refractivity contribution in [2.24, 2.45) is 0 Å². The van der Waals surface area contributed by atoms with E-state index in [4.69, 9.17) is 4.74 Å². The predicted octanol–water partition coefficient (Wildman–Crippen LogP) is 3.74. The second-order valence-electron chi connectivity index (χ2n) is 5.15. The lowest BCUT2D eigenvalue weighted by molar-refractivity contribution is 0.414. The third kappa shape index (κ3) is 2.63. The molecule has 1 aromatic heterocycles. The Balaban J connectivity index is 1.70. The average molecular weight is 340 g/mol. The monoisotopic (exact) mass is 340 g/mol. The lowest BCUT2D eigenvalue weighted by Crippen LogP contribution is -2.18. The highest BCUT2D eigenvalue weighted by molar-refractivity contribution is 8.02. The van der Waals surface area contributed by atoms with Crippen molar-refractivity contribution in [3.8, 4) is 17.1 Å². The molecular formula is C17H13FN4OS. The average Bonchev–Trinajstić information content (AvgIpc) is 3.05. The van der Waals surface area contributed by atoms with Crippen LogP contribution in [-0.2, 0) is 0 Å². The first kappa shape index (κ1) is 14.8. The molecule has 0 saturated heterocycles. The van der Waals surface area contributed by atoms with Crippen LogP contribution >= 0.6 is 11.8 Å². The molecular weight excluding hydrogens is 327 g/mol. The maximum absolute atomic E-state index is 13.5. The molecule has 1 aliphatic rings. The van der Waals surface area contributed by atoms with E-state index in [2.05, 4.69) is 15.6 Å². The van der Waals surface area contributed by atoms with Gasteiger partial charge in [0.25, 0.3) is 0 Å². The van der Waals surface area contributed by atoms with Crippen LogP contribution in [0.3, 0.4) is 0 Å². The summed E-state index contributed by atoms with van der Waals surface area (Å²) in [6.07, 6.45) is 0. The number of halogens is 1. The number of rotatable bonds is 3. The maximum atomic E-state index is 13.5. The molecule has 4 rings (SSSR count). The van der Waals surface area contributed by atoms with Gasteiger partial charge in [-0.15, -0.1) is 10.2 Å². The van der Waals surface area contributed by atoms with Crippen molar-refractivity contribution in [2.75, 3.05) is 12.5 Å². The quantitative estimate of drug-likeness (QED) is 0.787. The highest BCUT2D eigenvalue weighted by Gasteiger charge is 2.19. The number of ether oxygens (including phenoxy) is 1. The van der Waals surface area contributed by atoms with Gasteiger partial charge in [-0.05, 0) is 24.3 Å². The van der Waals surface area contributed by atoms with E-state index in [1.165, 1.54) is 23.9 Å². The highest BCUT2D eigenvalue weighted by atomic mass is 32.2. The van der Waals surface area contributed by atoms with E-state index in [-0.39, 0.29) is 5.82 Å². The molecule has 0 radical (unpaired) electrons. The smallest absolute Gasteiger partial charge is 0.214 e. The minimum Gasteiger partial charge on any atom is -0.497 e. The van der Waals surface area contributed by atoms with Crippen LogP contribution in [0.4, 0.5) is 4.39 Å². The summed E-state index contributed by atoms with van der Waals surface area (Å²) in [5.74, 6) is 1.03. The Morgan fingerprint density at radius 3 is 2.75 bits per heavy atom. The fourth-order valence-electron chi connectivity index (χ4n) is 2.44. The van der Waals surface area contributed by atoms with Gasteiger partial charge in [0.1, 0.15) is 11.6 Å². The third-order valence-corrected chi connectivity index (χ3v) is 4.44. The van der Waals surface area contributed by atoms with Gasteiger partial charge in [-0.2, -0.15) is 0 Å². The first-order valence-electron chi connectivity index (χ1n) is 7.24. The summed E-state index contributed by atoms with van der Waals surface area (Å²) in [4.78, 5) is 0. The number of thioether (sulfide) groups is 1. The zero-order valence-electron chi connectivity index (χ0n) is 12.7. The SMILES string of the molecule is COc1cccc(C2=CSc3nnc(-c4cccc(F)c4)n3N2)c1. The van der Waals surface area contributed by atoms with E-state index in [1.54, 1.807) is 23.9 Å². The number of aromatic nitrogens is 3. The van der Waals surface area contributed by atoms with Gasteiger partial charge in [0.15, 0.2) is 5.82 Å². The van der Waals surface area contributed by atoms with E-state index in [0.29, 0.717) is 16.5 Å². The molecule has 0 aliphatic carbocycles. The summed E-state index contributed by atoms with van der Waals surface area (Å²) in [6, 6.07) is 14.0. The first-order valence-corrected chi connectivity index (χ1v) is 8.12. The van der Waals surface area contributed by atoms with Crippen LogP contribution in [0, 0.1) is 5.82 Å². The number of nitrogens with zero attached hydrogens (tertiary/aromatic N) is 3. The summed E-state index contributed by atoms with van der Waals surface area (Å²) in [5.41, 5.74) is 5.82. The van der Waals surface area contributed by atoms with E-state index in [0.717, 1.165) is 17.0 Å². The van der Waals surface area contributed by atoms with Crippen molar-refractivity contribution in [3.05, 3.63) is 65.3 Å². The van der Waals surface area contributed by atoms with Crippen LogP contribution in [0.1, 0.15) is 5.56 Å². The van der Waals surface area contributed by atoms with Crippen LogP contribution in [0.15, 0.2) is 59.1 Å². The second-order valence-corrected chi connectivity index (χ2v) is 5.98. The molecule has 7 heteroatoms. The van der Waals surface area contributed by atoms with Crippen LogP contribution in [0.25, 0.3) is 17.1 Å². The lowest BCUT2D eigenvalue weighted by Gasteiger charge is -2.19. The Morgan fingerprint density at radius 2 is 1.92 bits per heavy atom. The fraction of sp³-hybridized carbons (Fsp3) is 0.0588. The summed E-state index contributed by atoms with van der Waals surface area (Å²) >= 11 is 1.46. The Labute approximate surface area is 142 Å². The molecule has 0 unspecified atom stereocenters. The van der Waals surface area contributed by atoms with Crippen LogP contribution in [0.2, 0.25) is 0 Å². The van der Waals surface area contributed by atoms with E-state index < -0.39 is 0 Å². The molecule has 1 aliphatic heterocycles. The second kappa shape index (κ2) is 6.01. The van der Waals surface area contributed by atoms with Gasteiger partial charge in [0.05, 0.1) is 12.8 Å². The van der Waals surface area contributed by atoms with Crippen molar-refractivity contribution >= 4 is 17.5 Å². The Bertz CT molecular complexity index is 938. The molecule has 1 N–H and O–H groups in total. The molecule has 0 fully saturated rings. The van der Waals surface area contributed by atoms with Crippen molar-refractivity contribution in [2.45, 2.75) is 5.16 Å². The Hall–Kier alpha value is -2.80. The molecule has 2 aromatic carbocycles. The zero-order chi connectivity index (χ0) is 16.5. The summed E-state index contributed by atoms with van der Waals surface area (Å²) in [5, 5.41) is 11.0. The van der Waals surface area contributed by atoms with Gasteiger partial charge in [-0.25, -0.2) is 9.07 Å². The molecule has 0 bridgehead atoms. The van der Waals surface area contributed by atoms with Crippen LogP contribution in [-0.4, -0.2) is 22.0 Å². The van der Waals surface area contributed by atoms with Gasteiger partial charge in [-0.1, -0.05) is 36.0 Å². The van der Waals surface area contributed by atoms with Gasteiger partial charge in [-0.3, -0.25) is 5.43 Å². The Morgan fingerprint density at radius 1 is 1.08 bits per heavy atom. The van der Waals surface area contributed by atoms with Crippen molar-refractivity contribution in [1.29, 1.82) is 0 Å². The zero-order valence-corrected chi connectivity index (χ0v) is 13.5. The number of fused-ring (bicyclic) bond motifs is 1. The molecule has 120 valence electrons. The summed E-state index contributed by atoms with van der Waals surface area (Å²) in [6.45, 7) is 0. The number of methoxy groups -OCH3 is 1. The minimum absolute atomic E-state index is 0.308. The molecule has 3 aromatic rings. The minimum atomic E-state index is -0.308. The first-order chi connectivity index (χ1) is 11.7. The van der Waals surface area contributed by atoms with Crippen LogP contribution in [0.5, 0.6) is 5.75 Å². The number of benzene rings is 2. The summed E-state index contributed by atoms with van der Waals surface area (Å²) < 4.78 is 20.5. The molecule has 0 saturated carbocycles. The molecule has 5 nitrogen and oxygen atoms in total. The highest BCUT2D eigenvalue weighted by Crippen LogP contribution is 2.32. The number of hydrogen-bond donors (Lipinski definition) is 1. The van der Waals surface area contributed by atoms with Crippen molar-refractivity contribution in [3.63, 3.8) is 0 Å². The number of nitrogens with one attached hydrogen (secondary N) is 1. The predicted molar refractivity (Wildman–Crippen MR) is 91.6 cm³/mol. The van der Waals surface area contributed by atoms with Crippen molar-refractivity contribution < 1.29 is 9.13 Å². The normalized spacial score (nSPS) is 13.0. The van der Waals surface area contributed by atoms with Gasteiger partial charge < -0.3 is 4.74 Å².